The van der Waals surface area contributed by atoms with Gasteiger partial charge in [0.2, 0.25) is 0 Å². The average molecular weight is 439 g/mol. The summed E-state index contributed by atoms with van der Waals surface area (Å²) in [5, 5.41) is 9.78. The van der Waals surface area contributed by atoms with E-state index in [1.807, 2.05) is 48.5 Å². The predicted octanol–water partition coefficient (Wildman–Crippen LogP) is 5.74. The van der Waals surface area contributed by atoms with E-state index in [0.29, 0.717) is 12.1 Å². The second-order valence-corrected chi connectivity index (χ2v) is 8.32. The molecule has 0 atom stereocenters. The minimum atomic E-state index is -0.0593. The summed E-state index contributed by atoms with van der Waals surface area (Å²) >= 11 is 1.39. The van der Waals surface area contributed by atoms with E-state index in [0.717, 1.165) is 40.1 Å². The van der Waals surface area contributed by atoms with Crippen molar-refractivity contribution in [1.29, 1.82) is 0 Å². The van der Waals surface area contributed by atoms with Gasteiger partial charge in [-0.2, -0.15) is 4.37 Å². The van der Waals surface area contributed by atoms with E-state index in [2.05, 4.69) is 50.3 Å². The van der Waals surface area contributed by atoms with E-state index in [1.54, 1.807) is 6.20 Å². The Hall–Kier alpha value is -3.77. The number of anilines is 1. The Labute approximate surface area is 190 Å². The van der Waals surface area contributed by atoms with Gasteiger partial charge in [-0.1, -0.05) is 48.5 Å². The summed E-state index contributed by atoms with van der Waals surface area (Å²) in [7, 11) is 0. The number of pyridine rings is 1. The van der Waals surface area contributed by atoms with Gasteiger partial charge in [0.25, 0.3) is 5.91 Å². The minimum absolute atomic E-state index is 0.0593. The Kier molecular flexibility index (Phi) is 5.77. The minimum Gasteiger partial charge on any atom is -0.369 e. The molecule has 0 radical (unpaired) electrons. The van der Waals surface area contributed by atoms with E-state index < -0.39 is 0 Å². The summed E-state index contributed by atoms with van der Waals surface area (Å²) < 4.78 is 4.41. The van der Waals surface area contributed by atoms with Gasteiger partial charge in [-0.25, -0.2) is 4.98 Å². The number of hydrogen-bond donors (Lipinski definition) is 2. The first kappa shape index (κ1) is 20.2. The summed E-state index contributed by atoms with van der Waals surface area (Å²) in [5.41, 5.74) is 2.81. The number of hydrogen-bond acceptors (Lipinski definition) is 5. The molecule has 0 bridgehead atoms. The van der Waals surface area contributed by atoms with Crippen LogP contribution in [0.4, 0.5) is 5.82 Å². The lowest BCUT2D eigenvalue weighted by Gasteiger charge is -2.09. The van der Waals surface area contributed by atoms with E-state index >= 15 is 0 Å². The van der Waals surface area contributed by atoms with Gasteiger partial charge in [-0.05, 0) is 70.2 Å². The molecule has 0 saturated heterocycles. The molecule has 2 aromatic heterocycles. The van der Waals surface area contributed by atoms with E-state index in [1.165, 1.54) is 22.3 Å². The largest absolute Gasteiger partial charge is 0.369 e. The Morgan fingerprint density at radius 2 is 1.72 bits per heavy atom. The van der Waals surface area contributed by atoms with Crippen molar-refractivity contribution in [2.75, 3.05) is 18.4 Å². The van der Waals surface area contributed by atoms with E-state index in [4.69, 9.17) is 0 Å². The lowest BCUT2D eigenvalue weighted by Crippen LogP contribution is -2.25. The molecular formula is C26H22N4OS. The third-order valence-electron chi connectivity index (χ3n) is 5.39. The van der Waals surface area contributed by atoms with E-state index in [-0.39, 0.29) is 5.91 Å². The number of rotatable bonds is 7. The monoisotopic (exact) mass is 438 g/mol. The highest BCUT2D eigenvalue weighted by atomic mass is 32.1. The molecule has 3 aromatic carbocycles. The molecule has 158 valence electrons. The Morgan fingerprint density at radius 1 is 0.844 bits per heavy atom. The number of fused-ring (bicyclic) bond motifs is 2. The standard InChI is InChI=1S/C26H22N4OS/c31-25(28-15-5-14-27-24-23-10-4-13-29-26(23)32-30-24)22-9-3-8-20(17-22)21-12-11-18-6-1-2-7-19(18)16-21/h1-4,6-13,16-17H,5,14-15H2,(H,27,30)(H,28,31). The summed E-state index contributed by atoms with van der Waals surface area (Å²) in [6.45, 7) is 1.32. The first-order chi connectivity index (χ1) is 15.8. The molecule has 0 aliphatic heterocycles. The highest BCUT2D eigenvalue weighted by molar-refractivity contribution is 7.13. The molecule has 0 fully saturated rings. The van der Waals surface area contributed by atoms with Gasteiger partial charge in [-0.15, -0.1) is 0 Å². The van der Waals surface area contributed by atoms with Crippen LogP contribution in [0, 0.1) is 0 Å². The van der Waals surface area contributed by atoms with Crippen molar-refractivity contribution >= 4 is 44.2 Å². The molecule has 5 aromatic rings. The van der Waals surface area contributed by atoms with Gasteiger partial charge in [0.1, 0.15) is 10.6 Å². The van der Waals surface area contributed by atoms with Crippen molar-refractivity contribution in [2.45, 2.75) is 6.42 Å². The smallest absolute Gasteiger partial charge is 0.251 e. The summed E-state index contributed by atoms with van der Waals surface area (Å²) in [6, 6.07) is 26.4. The molecule has 2 heterocycles. The van der Waals surface area contributed by atoms with Crippen LogP contribution in [0.1, 0.15) is 16.8 Å². The molecule has 0 unspecified atom stereocenters. The SMILES string of the molecule is O=C(NCCCNc1nsc2ncccc12)c1cccc(-c2ccc3ccccc3c2)c1. The molecule has 0 spiro atoms. The maximum atomic E-state index is 12.7. The zero-order valence-electron chi connectivity index (χ0n) is 17.4. The van der Waals surface area contributed by atoms with E-state index in [9.17, 15) is 4.79 Å². The van der Waals surface area contributed by atoms with Crippen LogP contribution in [0.2, 0.25) is 0 Å². The predicted molar refractivity (Wildman–Crippen MR) is 132 cm³/mol. The zero-order chi connectivity index (χ0) is 21.8. The second kappa shape index (κ2) is 9.16. The van der Waals surface area contributed by atoms with Crippen molar-refractivity contribution < 1.29 is 4.79 Å². The normalized spacial score (nSPS) is 11.0. The average Bonchev–Trinajstić information content (AvgIpc) is 3.26. The number of nitrogens with one attached hydrogen (secondary N) is 2. The fourth-order valence-electron chi connectivity index (χ4n) is 3.72. The highest BCUT2D eigenvalue weighted by Crippen LogP contribution is 2.26. The van der Waals surface area contributed by atoms with Crippen LogP contribution >= 0.6 is 11.5 Å². The molecule has 32 heavy (non-hydrogen) atoms. The maximum Gasteiger partial charge on any atom is 0.251 e. The van der Waals surface area contributed by atoms with Gasteiger partial charge in [0, 0.05) is 24.8 Å². The lowest BCUT2D eigenvalue weighted by molar-refractivity contribution is 0.0953. The van der Waals surface area contributed by atoms with Crippen LogP contribution in [0.5, 0.6) is 0 Å². The van der Waals surface area contributed by atoms with Gasteiger partial charge in [0.05, 0.1) is 5.39 Å². The van der Waals surface area contributed by atoms with Gasteiger partial charge < -0.3 is 10.6 Å². The van der Waals surface area contributed by atoms with Gasteiger partial charge in [0.15, 0.2) is 0 Å². The third-order valence-corrected chi connectivity index (χ3v) is 6.16. The quantitative estimate of drug-likeness (QED) is 0.318. The van der Waals surface area contributed by atoms with Crippen molar-refractivity contribution in [2.24, 2.45) is 0 Å². The third kappa shape index (κ3) is 4.31. The van der Waals surface area contributed by atoms with Crippen molar-refractivity contribution in [3.8, 4) is 11.1 Å². The van der Waals surface area contributed by atoms with Crippen LogP contribution in [-0.2, 0) is 0 Å². The molecule has 0 saturated carbocycles. The van der Waals surface area contributed by atoms with Crippen LogP contribution < -0.4 is 10.6 Å². The summed E-state index contributed by atoms with van der Waals surface area (Å²) in [4.78, 5) is 17.9. The fourth-order valence-corrected chi connectivity index (χ4v) is 4.43. The number of amides is 1. The van der Waals surface area contributed by atoms with Crippen LogP contribution in [0.3, 0.4) is 0 Å². The molecule has 1 amide bonds. The van der Waals surface area contributed by atoms with Crippen LogP contribution in [-0.4, -0.2) is 28.4 Å². The topological polar surface area (TPSA) is 66.9 Å². The Balaban J connectivity index is 1.17. The zero-order valence-corrected chi connectivity index (χ0v) is 18.2. The number of nitrogens with zero attached hydrogens (tertiary/aromatic N) is 2. The molecule has 5 nitrogen and oxygen atoms in total. The van der Waals surface area contributed by atoms with Gasteiger partial charge in [-0.3, -0.25) is 4.79 Å². The lowest BCUT2D eigenvalue weighted by atomic mass is 9.99. The summed E-state index contributed by atoms with van der Waals surface area (Å²) in [6.07, 6.45) is 2.57. The second-order valence-electron chi connectivity index (χ2n) is 7.57. The molecule has 5 rings (SSSR count). The van der Waals surface area contributed by atoms with Crippen molar-refractivity contribution in [3.05, 3.63) is 90.6 Å². The number of carbonyl (C=O) groups excluding carboxylic acids is 1. The van der Waals surface area contributed by atoms with Crippen LogP contribution in [0.25, 0.3) is 32.1 Å². The molecule has 6 heteroatoms. The highest BCUT2D eigenvalue weighted by Gasteiger charge is 2.08. The number of benzene rings is 3. The Morgan fingerprint density at radius 3 is 2.66 bits per heavy atom. The fraction of sp³-hybridized carbons (Fsp3) is 0.115. The molecule has 0 aliphatic rings. The van der Waals surface area contributed by atoms with Gasteiger partial charge >= 0.3 is 0 Å². The molecule has 2 N–H and O–H groups in total. The van der Waals surface area contributed by atoms with Crippen molar-refractivity contribution in [1.82, 2.24) is 14.7 Å². The molecular weight excluding hydrogens is 416 g/mol. The van der Waals surface area contributed by atoms with Crippen molar-refractivity contribution in [3.63, 3.8) is 0 Å². The number of carbonyl (C=O) groups is 1. The summed E-state index contributed by atoms with van der Waals surface area (Å²) in [5.74, 6) is 0.795. The first-order valence-electron chi connectivity index (χ1n) is 10.6. The number of aromatic nitrogens is 2. The molecule has 0 aliphatic carbocycles. The Bertz CT molecular complexity index is 1400. The first-order valence-corrected chi connectivity index (χ1v) is 11.4. The van der Waals surface area contributed by atoms with Crippen LogP contribution in [0.15, 0.2) is 85.1 Å². The maximum absolute atomic E-state index is 12.7.